The number of nitrogens with zero attached hydrogens (tertiary/aromatic N) is 2. The van der Waals surface area contributed by atoms with Crippen LogP contribution in [0.2, 0.25) is 0 Å². The SMILES string of the molecule is Cc1ccc(F)cc1Cn1nc(C)c(CCN)c1C. The molecule has 2 N–H and O–H groups in total. The molecular formula is C15H20FN3. The van der Waals surface area contributed by atoms with E-state index < -0.39 is 0 Å². The van der Waals surface area contributed by atoms with Gasteiger partial charge in [0.15, 0.2) is 0 Å². The first-order valence-corrected chi connectivity index (χ1v) is 6.51. The maximum absolute atomic E-state index is 13.3. The Balaban J connectivity index is 2.33. The summed E-state index contributed by atoms with van der Waals surface area (Å²) in [6, 6.07) is 4.87. The Morgan fingerprint density at radius 3 is 2.68 bits per heavy atom. The van der Waals surface area contributed by atoms with E-state index >= 15 is 0 Å². The molecule has 0 atom stereocenters. The Labute approximate surface area is 113 Å². The van der Waals surface area contributed by atoms with Crippen molar-refractivity contribution in [1.29, 1.82) is 0 Å². The lowest BCUT2D eigenvalue weighted by Crippen LogP contribution is -2.07. The van der Waals surface area contributed by atoms with E-state index in [1.165, 1.54) is 11.6 Å². The fourth-order valence-electron chi connectivity index (χ4n) is 2.37. The van der Waals surface area contributed by atoms with E-state index in [1.807, 2.05) is 25.5 Å². The predicted molar refractivity (Wildman–Crippen MR) is 74.7 cm³/mol. The zero-order chi connectivity index (χ0) is 14.0. The van der Waals surface area contributed by atoms with Gasteiger partial charge in [-0.25, -0.2) is 4.39 Å². The highest BCUT2D eigenvalue weighted by Gasteiger charge is 2.12. The average molecular weight is 261 g/mol. The highest BCUT2D eigenvalue weighted by molar-refractivity contribution is 5.29. The van der Waals surface area contributed by atoms with Gasteiger partial charge in [0.2, 0.25) is 0 Å². The average Bonchev–Trinajstić information content (AvgIpc) is 2.62. The Morgan fingerprint density at radius 2 is 2.00 bits per heavy atom. The largest absolute Gasteiger partial charge is 0.330 e. The molecule has 0 spiro atoms. The molecule has 2 rings (SSSR count). The van der Waals surface area contributed by atoms with Gasteiger partial charge in [0.25, 0.3) is 0 Å². The molecule has 2 aromatic rings. The van der Waals surface area contributed by atoms with Gasteiger partial charge in [0.1, 0.15) is 5.82 Å². The van der Waals surface area contributed by atoms with Gasteiger partial charge in [-0.15, -0.1) is 0 Å². The zero-order valence-electron chi connectivity index (χ0n) is 11.7. The molecule has 1 aromatic heterocycles. The molecule has 1 aromatic carbocycles. The molecule has 0 amide bonds. The van der Waals surface area contributed by atoms with Crippen LogP contribution in [0.3, 0.4) is 0 Å². The Hall–Kier alpha value is -1.68. The van der Waals surface area contributed by atoms with Crippen molar-refractivity contribution in [2.24, 2.45) is 5.73 Å². The van der Waals surface area contributed by atoms with E-state index in [2.05, 4.69) is 5.10 Å². The highest BCUT2D eigenvalue weighted by Crippen LogP contribution is 2.17. The molecule has 0 unspecified atom stereocenters. The third-order valence-electron chi connectivity index (χ3n) is 3.56. The minimum atomic E-state index is -0.204. The summed E-state index contributed by atoms with van der Waals surface area (Å²) in [6.45, 7) is 7.24. The van der Waals surface area contributed by atoms with Crippen LogP contribution >= 0.6 is 0 Å². The second kappa shape index (κ2) is 5.53. The Bertz CT molecular complexity index is 587. The van der Waals surface area contributed by atoms with Gasteiger partial charge in [-0.3, -0.25) is 4.68 Å². The van der Waals surface area contributed by atoms with E-state index in [0.29, 0.717) is 13.1 Å². The molecule has 1 heterocycles. The van der Waals surface area contributed by atoms with Crippen molar-refractivity contribution < 1.29 is 4.39 Å². The lowest BCUT2D eigenvalue weighted by atomic mass is 10.1. The van der Waals surface area contributed by atoms with Gasteiger partial charge in [-0.1, -0.05) is 6.07 Å². The second-order valence-electron chi connectivity index (χ2n) is 4.92. The van der Waals surface area contributed by atoms with Crippen molar-refractivity contribution in [3.05, 3.63) is 52.1 Å². The first-order chi connectivity index (χ1) is 9.02. The van der Waals surface area contributed by atoms with Gasteiger partial charge in [0.05, 0.1) is 12.2 Å². The number of aromatic nitrogens is 2. The molecule has 19 heavy (non-hydrogen) atoms. The maximum Gasteiger partial charge on any atom is 0.123 e. The number of aryl methyl sites for hydroxylation is 2. The Kier molecular flexibility index (Phi) is 4.00. The molecule has 0 aliphatic carbocycles. The number of hydrogen-bond donors (Lipinski definition) is 1. The summed E-state index contributed by atoms with van der Waals surface area (Å²) >= 11 is 0. The first kappa shape index (κ1) is 13.7. The van der Waals surface area contributed by atoms with Crippen molar-refractivity contribution in [2.45, 2.75) is 33.7 Å². The third kappa shape index (κ3) is 2.84. The number of rotatable bonds is 4. The number of nitrogens with two attached hydrogens (primary N) is 1. The van der Waals surface area contributed by atoms with E-state index in [4.69, 9.17) is 5.73 Å². The molecular weight excluding hydrogens is 241 g/mol. The van der Waals surface area contributed by atoms with Gasteiger partial charge >= 0.3 is 0 Å². The summed E-state index contributed by atoms with van der Waals surface area (Å²) < 4.78 is 15.2. The molecule has 0 radical (unpaired) electrons. The summed E-state index contributed by atoms with van der Waals surface area (Å²) in [7, 11) is 0. The van der Waals surface area contributed by atoms with Gasteiger partial charge in [-0.05, 0) is 62.6 Å². The number of hydrogen-bond acceptors (Lipinski definition) is 2. The summed E-state index contributed by atoms with van der Waals surface area (Å²) in [4.78, 5) is 0. The molecule has 0 aliphatic heterocycles. The van der Waals surface area contributed by atoms with Gasteiger partial charge in [0, 0.05) is 5.69 Å². The van der Waals surface area contributed by atoms with Crippen LogP contribution in [0.5, 0.6) is 0 Å². The quantitative estimate of drug-likeness (QED) is 0.919. The molecule has 0 fully saturated rings. The van der Waals surface area contributed by atoms with E-state index in [-0.39, 0.29) is 5.82 Å². The number of benzene rings is 1. The highest BCUT2D eigenvalue weighted by atomic mass is 19.1. The van der Waals surface area contributed by atoms with Crippen LogP contribution < -0.4 is 5.73 Å². The molecule has 4 heteroatoms. The van der Waals surface area contributed by atoms with Crippen LogP contribution in [-0.4, -0.2) is 16.3 Å². The van der Waals surface area contributed by atoms with Crippen molar-refractivity contribution in [1.82, 2.24) is 9.78 Å². The van der Waals surface area contributed by atoms with Gasteiger partial charge < -0.3 is 5.73 Å². The normalized spacial score (nSPS) is 11.0. The lowest BCUT2D eigenvalue weighted by Gasteiger charge is -2.08. The van der Waals surface area contributed by atoms with Gasteiger partial charge in [-0.2, -0.15) is 5.10 Å². The van der Waals surface area contributed by atoms with Crippen molar-refractivity contribution >= 4 is 0 Å². The summed E-state index contributed by atoms with van der Waals surface area (Å²) in [6.07, 6.45) is 0.833. The summed E-state index contributed by atoms with van der Waals surface area (Å²) in [5, 5.41) is 4.53. The van der Waals surface area contributed by atoms with Crippen LogP contribution in [0, 0.1) is 26.6 Å². The lowest BCUT2D eigenvalue weighted by molar-refractivity contribution is 0.614. The molecule has 0 saturated heterocycles. The second-order valence-corrected chi connectivity index (χ2v) is 4.92. The molecule has 0 bridgehead atoms. The number of halogens is 1. The van der Waals surface area contributed by atoms with Crippen molar-refractivity contribution in [3.63, 3.8) is 0 Å². The van der Waals surface area contributed by atoms with Crippen LogP contribution in [0.15, 0.2) is 18.2 Å². The van der Waals surface area contributed by atoms with E-state index in [9.17, 15) is 4.39 Å². The predicted octanol–water partition coefficient (Wildman–Crippen LogP) is 2.50. The summed E-state index contributed by atoms with van der Waals surface area (Å²) in [5.41, 5.74) is 11.0. The minimum absolute atomic E-state index is 0.204. The summed E-state index contributed by atoms with van der Waals surface area (Å²) in [5.74, 6) is -0.204. The molecule has 102 valence electrons. The fraction of sp³-hybridized carbons (Fsp3) is 0.400. The topological polar surface area (TPSA) is 43.8 Å². The van der Waals surface area contributed by atoms with Crippen molar-refractivity contribution in [3.8, 4) is 0 Å². The molecule has 0 aliphatic rings. The molecule has 3 nitrogen and oxygen atoms in total. The standard InChI is InChI=1S/C15H20FN3/c1-10-4-5-14(16)8-13(10)9-19-12(3)15(6-7-17)11(2)18-19/h4-5,8H,6-7,9,17H2,1-3H3. The smallest absolute Gasteiger partial charge is 0.123 e. The van der Waals surface area contributed by atoms with Crippen LogP contribution in [0.4, 0.5) is 4.39 Å². The van der Waals surface area contributed by atoms with Crippen LogP contribution in [0.1, 0.15) is 28.1 Å². The Morgan fingerprint density at radius 1 is 1.26 bits per heavy atom. The van der Waals surface area contributed by atoms with Crippen LogP contribution in [-0.2, 0) is 13.0 Å². The maximum atomic E-state index is 13.3. The van der Waals surface area contributed by atoms with E-state index in [0.717, 1.165) is 28.9 Å². The van der Waals surface area contributed by atoms with E-state index in [1.54, 1.807) is 12.1 Å². The third-order valence-corrected chi connectivity index (χ3v) is 3.56. The van der Waals surface area contributed by atoms with Crippen molar-refractivity contribution in [2.75, 3.05) is 6.54 Å². The zero-order valence-corrected chi connectivity index (χ0v) is 11.7. The minimum Gasteiger partial charge on any atom is -0.330 e. The monoisotopic (exact) mass is 261 g/mol. The fourth-order valence-corrected chi connectivity index (χ4v) is 2.37. The molecule has 0 saturated carbocycles. The van der Waals surface area contributed by atoms with Crippen LogP contribution in [0.25, 0.3) is 0 Å². The first-order valence-electron chi connectivity index (χ1n) is 6.51.